The predicted octanol–water partition coefficient (Wildman–Crippen LogP) is -0.842. The summed E-state index contributed by atoms with van der Waals surface area (Å²) in [5, 5.41) is 16.5. The largest absolute Gasteiger partial charge is 0.480 e. The molecule has 148 valence electrons. The Kier molecular flexibility index (Phi) is 10.2. The van der Waals surface area contributed by atoms with Crippen molar-refractivity contribution >= 4 is 24.2 Å². The zero-order valence-corrected chi connectivity index (χ0v) is 15.0. The van der Waals surface area contributed by atoms with E-state index < -0.39 is 29.9 Å². The first kappa shape index (κ1) is 22.1. The van der Waals surface area contributed by atoms with Gasteiger partial charge in [-0.3, -0.25) is 14.4 Å². The molecule has 0 aliphatic rings. The van der Waals surface area contributed by atoms with Crippen molar-refractivity contribution in [1.82, 2.24) is 16.0 Å². The molecule has 0 bridgehead atoms. The van der Waals surface area contributed by atoms with Crippen LogP contribution >= 0.6 is 0 Å². The maximum Gasteiger partial charge on any atom is 0.326 e. The van der Waals surface area contributed by atoms with Gasteiger partial charge < -0.3 is 26.8 Å². The van der Waals surface area contributed by atoms with E-state index in [0.717, 1.165) is 5.56 Å². The van der Waals surface area contributed by atoms with Crippen LogP contribution in [0.2, 0.25) is 0 Å². The molecule has 0 aliphatic carbocycles. The first-order valence-electron chi connectivity index (χ1n) is 8.71. The molecule has 9 nitrogen and oxygen atoms in total. The summed E-state index contributed by atoms with van der Waals surface area (Å²) in [6.07, 6.45) is 2.32. The van der Waals surface area contributed by atoms with Gasteiger partial charge in [0.1, 0.15) is 12.1 Å². The van der Waals surface area contributed by atoms with Crippen LogP contribution in [0.4, 0.5) is 0 Å². The van der Waals surface area contributed by atoms with Crippen LogP contribution in [0.1, 0.15) is 24.8 Å². The Hall–Kier alpha value is -2.94. The van der Waals surface area contributed by atoms with E-state index in [1.165, 1.54) is 0 Å². The molecular formula is C18H26N4O5. The second-order valence-corrected chi connectivity index (χ2v) is 5.99. The van der Waals surface area contributed by atoms with E-state index >= 15 is 0 Å². The van der Waals surface area contributed by atoms with Gasteiger partial charge in [-0.2, -0.15) is 0 Å². The predicted molar refractivity (Wildman–Crippen MR) is 98.6 cm³/mol. The molecule has 6 N–H and O–H groups in total. The van der Waals surface area contributed by atoms with E-state index in [2.05, 4.69) is 16.0 Å². The number of rotatable bonds is 13. The Morgan fingerprint density at radius 3 is 2.41 bits per heavy atom. The molecule has 2 atom stereocenters. The number of nitrogens with one attached hydrogen (secondary N) is 3. The molecule has 0 radical (unpaired) electrons. The minimum Gasteiger partial charge on any atom is -0.480 e. The van der Waals surface area contributed by atoms with Crippen LogP contribution in [0.25, 0.3) is 0 Å². The molecule has 0 saturated heterocycles. The Bertz CT molecular complexity index is 623. The highest BCUT2D eigenvalue weighted by Gasteiger charge is 2.22. The fraction of sp³-hybridized carbons (Fsp3) is 0.444. The summed E-state index contributed by atoms with van der Waals surface area (Å²) in [5.41, 5.74) is 6.17. The quantitative estimate of drug-likeness (QED) is 0.223. The lowest BCUT2D eigenvalue weighted by atomic mass is 10.1. The standard InChI is InChI=1S/C18H26N4O5/c19-9-5-4-8-14(21-12-23)17(25)20-11-16(24)22-15(18(26)27)10-13-6-2-1-3-7-13/h1-3,6-7,12,14-15H,4-5,8-11,19H2,(H,20,25)(H,21,23)(H,22,24)(H,26,27)/t14-,15-/m0/s1. The molecule has 27 heavy (non-hydrogen) atoms. The Balaban J connectivity index is 2.51. The lowest BCUT2D eigenvalue weighted by molar-refractivity contribution is -0.141. The lowest BCUT2D eigenvalue weighted by Crippen LogP contribution is -2.50. The summed E-state index contributed by atoms with van der Waals surface area (Å²) in [4.78, 5) is 46.1. The monoisotopic (exact) mass is 378 g/mol. The number of hydrogen-bond donors (Lipinski definition) is 5. The van der Waals surface area contributed by atoms with Crippen molar-refractivity contribution in [3.05, 3.63) is 35.9 Å². The molecule has 0 spiro atoms. The van der Waals surface area contributed by atoms with Crippen molar-refractivity contribution in [2.24, 2.45) is 5.73 Å². The number of hydrogen-bond acceptors (Lipinski definition) is 5. The van der Waals surface area contributed by atoms with Crippen LogP contribution < -0.4 is 21.7 Å². The van der Waals surface area contributed by atoms with Gasteiger partial charge >= 0.3 is 5.97 Å². The molecule has 9 heteroatoms. The minimum absolute atomic E-state index is 0.129. The van der Waals surface area contributed by atoms with Crippen LogP contribution in [0, 0.1) is 0 Å². The molecule has 0 unspecified atom stereocenters. The summed E-state index contributed by atoms with van der Waals surface area (Å²) in [6.45, 7) is 0.0984. The SMILES string of the molecule is NCCCC[C@H](NC=O)C(=O)NCC(=O)N[C@@H](Cc1ccccc1)C(=O)O. The highest BCUT2D eigenvalue weighted by atomic mass is 16.4. The number of amides is 3. The number of aliphatic carboxylic acids is 1. The van der Waals surface area contributed by atoms with Crippen molar-refractivity contribution in [2.45, 2.75) is 37.8 Å². The molecule has 0 saturated carbocycles. The summed E-state index contributed by atoms with van der Waals surface area (Å²) < 4.78 is 0. The maximum absolute atomic E-state index is 12.1. The van der Waals surface area contributed by atoms with E-state index in [-0.39, 0.29) is 13.0 Å². The fourth-order valence-corrected chi connectivity index (χ4v) is 2.45. The minimum atomic E-state index is -1.17. The normalized spacial score (nSPS) is 12.5. The summed E-state index contributed by atoms with van der Waals surface area (Å²) in [6, 6.07) is 7.03. The van der Waals surface area contributed by atoms with E-state index in [1.807, 2.05) is 6.07 Å². The van der Waals surface area contributed by atoms with Crippen LogP contribution in [-0.2, 0) is 25.6 Å². The Labute approximate surface area is 157 Å². The average molecular weight is 378 g/mol. The zero-order chi connectivity index (χ0) is 20.1. The molecule has 3 amide bonds. The molecule has 1 aromatic carbocycles. The number of carbonyl (C=O) groups excluding carboxylic acids is 3. The number of benzene rings is 1. The van der Waals surface area contributed by atoms with Gasteiger partial charge in [-0.25, -0.2) is 4.79 Å². The number of carboxylic acid groups (broad SMARTS) is 1. The van der Waals surface area contributed by atoms with Crippen molar-refractivity contribution in [1.29, 1.82) is 0 Å². The van der Waals surface area contributed by atoms with Gasteiger partial charge in [0.15, 0.2) is 0 Å². The van der Waals surface area contributed by atoms with Gasteiger partial charge in [-0.15, -0.1) is 0 Å². The lowest BCUT2D eigenvalue weighted by Gasteiger charge is -2.17. The number of carbonyl (C=O) groups is 4. The second-order valence-electron chi connectivity index (χ2n) is 5.99. The smallest absolute Gasteiger partial charge is 0.326 e. The highest BCUT2D eigenvalue weighted by molar-refractivity contribution is 5.90. The maximum atomic E-state index is 12.1. The van der Waals surface area contributed by atoms with Crippen molar-refractivity contribution in [3.8, 4) is 0 Å². The fourth-order valence-electron chi connectivity index (χ4n) is 2.45. The van der Waals surface area contributed by atoms with E-state index in [1.54, 1.807) is 24.3 Å². The Morgan fingerprint density at radius 1 is 1.11 bits per heavy atom. The van der Waals surface area contributed by atoms with E-state index in [9.17, 15) is 24.3 Å². The number of unbranched alkanes of at least 4 members (excludes halogenated alkanes) is 1. The average Bonchev–Trinajstić information content (AvgIpc) is 2.65. The highest BCUT2D eigenvalue weighted by Crippen LogP contribution is 2.04. The van der Waals surface area contributed by atoms with Crippen molar-refractivity contribution in [3.63, 3.8) is 0 Å². The summed E-state index contributed by atoms with van der Waals surface area (Å²) >= 11 is 0. The summed E-state index contributed by atoms with van der Waals surface area (Å²) in [7, 11) is 0. The van der Waals surface area contributed by atoms with Crippen molar-refractivity contribution < 1.29 is 24.3 Å². The number of nitrogens with two attached hydrogens (primary N) is 1. The Morgan fingerprint density at radius 2 is 1.81 bits per heavy atom. The second kappa shape index (κ2) is 12.4. The molecule has 0 heterocycles. The third-order valence-corrected chi connectivity index (χ3v) is 3.87. The van der Waals surface area contributed by atoms with Gasteiger partial charge in [0.2, 0.25) is 18.2 Å². The number of carboxylic acids is 1. The first-order chi connectivity index (χ1) is 13.0. The summed E-state index contributed by atoms with van der Waals surface area (Å²) in [5.74, 6) is -2.30. The van der Waals surface area contributed by atoms with Gasteiger partial charge in [-0.05, 0) is 31.4 Å². The van der Waals surface area contributed by atoms with Crippen LogP contribution in [0.15, 0.2) is 30.3 Å². The molecular weight excluding hydrogens is 352 g/mol. The van der Waals surface area contributed by atoms with E-state index in [4.69, 9.17) is 5.73 Å². The molecule has 0 aliphatic heterocycles. The molecule has 0 fully saturated rings. The van der Waals surface area contributed by atoms with Crippen LogP contribution in [0.3, 0.4) is 0 Å². The van der Waals surface area contributed by atoms with Crippen LogP contribution in [0.5, 0.6) is 0 Å². The molecule has 1 aromatic rings. The molecule has 1 rings (SSSR count). The topological polar surface area (TPSA) is 151 Å². The van der Waals surface area contributed by atoms with Crippen LogP contribution in [-0.4, -0.2) is 54.5 Å². The molecule has 0 aromatic heterocycles. The first-order valence-corrected chi connectivity index (χ1v) is 8.71. The van der Waals surface area contributed by atoms with Crippen molar-refractivity contribution in [2.75, 3.05) is 13.1 Å². The zero-order valence-electron chi connectivity index (χ0n) is 15.0. The van der Waals surface area contributed by atoms with Gasteiger partial charge in [-0.1, -0.05) is 30.3 Å². The van der Waals surface area contributed by atoms with Gasteiger partial charge in [0.25, 0.3) is 0 Å². The van der Waals surface area contributed by atoms with Gasteiger partial charge in [0, 0.05) is 6.42 Å². The third-order valence-electron chi connectivity index (χ3n) is 3.87. The van der Waals surface area contributed by atoms with E-state index in [0.29, 0.717) is 32.2 Å². The third kappa shape index (κ3) is 8.82. The van der Waals surface area contributed by atoms with Gasteiger partial charge in [0.05, 0.1) is 6.54 Å².